The summed E-state index contributed by atoms with van der Waals surface area (Å²) in [6.07, 6.45) is 0. The first kappa shape index (κ1) is 22.2. The number of nitrogens with one attached hydrogen (secondary N) is 2. The van der Waals surface area contributed by atoms with Crippen molar-refractivity contribution < 1.29 is 12.8 Å². The number of halogens is 2. The normalized spacial score (nSPS) is 11.4. The fourth-order valence-corrected chi connectivity index (χ4v) is 3.83. The molecule has 0 atom stereocenters. The first-order valence-corrected chi connectivity index (χ1v) is 11.1. The molecule has 2 aromatic carbocycles. The fourth-order valence-electron chi connectivity index (χ4n) is 2.87. The summed E-state index contributed by atoms with van der Waals surface area (Å²) in [5.41, 5.74) is 3.04. The predicted octanol–water partition coefficient (Wildman–Crippen LogP) is 3.80. The number of nitrogens with two attached hydrogens (primary N) is 1. The van der Waals surface area contributed by atoms with E-state index in [-0.39, 0.29) is 16.6 Å². The number of sulfonamides is 1. The van der Waals surface area contributed by atoms with Crippen LogP contribution in [0.5, 0.6) is 0 Å². The highest BCUT2D eigenvalue weighted by Crippen LogP contribution is 2.24. The smallest absolute Gasteiger partial charge is 0.238 e. The SMILES string of the molecule is Cc1nn(Cc2c(F)cccc2Cl)c(C)c1NC(=S)Nc1ccc(S(N)(=O)=O)cc1. The van der Waals surface area contributed by atoms with Crippen molar-refractivity contribution >= 4 is 50.3 Å². The lowest BCUT2D eigenvalue weighted by Crippen LogP contribution is -2.20. The quantitative estimate of drug-likeness (QED) is 0.493. The van der Waals surface area contributed by atoms with E-state index in [0.29, 0.717) is 27.7 Å². The van der Waals surface area contributed by atoms with Gasteiger partial charge in [0.15, 0.2) is 5.11 Å². The Kier molecular flexibility index (Phi) is 6.41. The number of hydrogen-bond acceptors (Lipinski definition) is 4. The summed E-state index contributed by atoms with van der Waals surface area (Å²) in [7, 11) is -3.76. The molecule has 0 saturated heterocycles. The van der Waals surface area contributed by atoms with Gasteiger partial charge < -0.3 is 10.6 Å². The summed E-state index contributed by atoms with van der Waals surface area (Å²) in [6.45, 7) is 3.81. The second kappa shape index (κ2) is 8.68. The molecule has 0 amide bonds. The van der Waals surface area contributed by atoms with Crippen LogP contribution in [0.3, 0.4) is 0 Å². The molecule has 0 unspecified atom stereocenters. The van der Waals surface area contributed by atoms with Crippen LogP contribution in [-0.2, 0) is 16.6 Å². The number of rotatable bonds is 5. The van der Waals surface area contributed by atoms with Crippen LogP contribution < -0.4 is 15.8 Å². The topological polar surface area (TPSA) is 102 Å². The van der Waals surface area contributed by atoms with Crippen molar-refractivity contribution in [2.45, 2.75) is 25.3 Å². The van der Waals surface area contributed by atoms with Gasteiger partial charge in [-0.3, -0.25) is 4.68 Å². The summed E-state index contributed by atoms with van der Waals surface area (Å²) in [5, 5.41) is 16.2. The molecule has 4 N–H and O–H groups in total. The van der Waals surface area contributed by atoms with Crippen molar-refractivity contribution in [1.29, 1.82) is 0 Å². The van der Waals surface area contributed by atoms with Crippen molar-refractivity contribution in [2.24, 2.45) is 5.14 Å². The molecule has 0 saturated carbocycles. The van der Waals surface area contributed by atoms with Gasteiger partial charge in [0, 0.05) is 16.3 Å². The molecule has 1 heterocycles. The Morgan fingerprint density at radius 1 is 1.20 bits per heavy atom. The van der Waals surface area contributed by atoms with E-state index in [0.717, 1.165) is 5.69 Å². The van der Waals surface area contributed by atoms with Crippen LogP contribution in [0.25, 0.3) is 0 Å². The third-order valence-corrected chi connectivity index (χ3v) is 5.92. The number of anilines is 2. The lowest BCUT2D eigenvalue weighted by atomic mass is 10.2. The maximum Gasteiger partial charge on any atom is 0.238 e. The highest BCUT2D eigenvalue weighted by molar-refractivity contribution is 7.89. The van der Waals surface area contributed by atoms with Crippen LogP contribution in [0.2, 0.25) is 5.02 Å². The predicted molar refractivity (Wildman–Crippen MR) is 120 cm³/mol. The van der Waals surface area contributed by atoms with Gasteiger partial charge in [0.05, 0.1) is 28.5 Å². The van der Waals surface area contributed by atoms with Crippen molar-refractivity contribution in [2.75, 3.05) is 10.6 Å². The molecule has 0 bridgehead atoms. The second-order valence-corrected chi connectivity index (χ2v) is 8.93. The molecule has 0 aliphatic carbocycles. The summed E-state index contributed by atoms with van der Waals surface area (Å²) < 4.78 is 38.4. The van der Waals surface area contributed by atoms with Crippen molar-refractivity contribution in [3.05, 3.63) is 70.3 Å². The zero-order chi connectivity index (χ0) is 22.1. The second-order valence-electron chi connectivity index (χ2n) is 6.55. The minimum atomic E-state index is -3.76. The zero-order valence-electron chi connectivity index (χ0n) is 16.1. The fraction of sp³-hybridized carbons (Fsp3) is 0.158. The van der Waals surface area contributed by atoms with Gasteiger partial charge in [-0.15, -0.1) is 0 Å². The molecule has 0 radical (unpaired) electrons. The van der Waals surface area contributed by atoms with E-state index in [9.17, 15) is 12.8 Å². The van der Waals surface area contributed by atoms with Crippen molar-refractivity contribution in [3.8, 4) is 0 Å². The lowest BCUT2D eigenvalue weighted by molar-refractivity contribution is 0.579. The molecule has 3 rings (SSSR count). The number of primary sulfonamides is 1. The number of benzene rings is 2. The van der Waals surface area contributed by atoms with E-state index in [1.807, 2.05) is 6.92 Å². The number of hydrogen-bond donors (Lipinski definition) is 3. The Labute approximate surface area is 184 Å². The zero-order valence-corrected chi connectivity index (χ0v) is 18.5. The van der Waals surface area contributed by atoms with Crippen LogP contribution in [0.1, 0.15) is 17.0 Å². The summed E-state index contributed by atoms with van der Waals surface area (Å²) in [5.74, 6) is -0.398. The van der Waals surface area contributed by atoms with Gasteiger partial charge in [-0.05, 0) is 62.5 Å². The summed E-state index contributed by atoms with van der Waals surface area (Å²) in [6, 6.07) is 10.4. The van der Waals surface area contributed by atoms with Crippen LogP contribution in [0.15, 0.2) is 47.4 Å². The average Bonchev–Trinajstić information content (AvgIpc) is 2.92. The Bertz CT molecular complexity index is 1190. The molecule has 3 aromatic rings. The van der Waals surface area contributed by atoms with Gasteiger partial charge in [-0.25, -0.2) is 17.9 Å². The largest absolute Gasteiger partial charge is 0.332 e. The van der Waals surface area contributed by atoms with Gasteiger partial charge >= 0.3 is 0 Å². The Morgan fingerprint density at radius 2 is 1.87 bits per heavy atom. The maximum absolute atomic E-state index is 14.1. The lowest BCUT2D eigenvalue weighted by Gasteiger charge is -2.12. The van der Waals surface area contributed by atoms with E-state index in [1.54, 1.807) is 35.9 Å². The maximum atomic E-state index is 14.1. The Morgan fingerprint density at radius 3 is 2.47 bits per heavy atom. The van der Waals surface area contributed by atoms with Gasteiger partial charge in [-0.2, -0.15) is 5.10 Å². The van der Waals surface area contributed by atoms with Gasteiger partial charge in [0.1, 0.15) is 5.82 Å². The third kappa shape index (κ3) is 4.96. The van der Waals surface area contributed by atoms with Crippen LogP contribution in [0.4, 0.5) is 15.8 Å². The van der Waals surface area contributed by atoms with E-state index < -0.39 is 15.8 Å². The molecule has 30 heavy (non-hydrogen) atoms. The highest BCUT2D eigenvalue weighted by atomic mass is 35.5. The molecule has 0 fully saturated rings. The van der Waals surface area contributed by atoms with Crippen LogP contribution in [-0.4, -0.2) is 23.3 Å². The molecule has 0 spiro atoms. The highest BCUT2D eigenvalue weighted by Gasteiger charge is 2.16. The Balaban J connectivity index is 1.75. The van der Waals surface area contributed by atoms with Crippen molar-refractivity contribution in [3.63, 3.8) is 0 Å². The van der Waals surface area contributed by atoms with Crippen LogP contribution in [0, 0.1) is 19.7 Å². The van der Waals surface area contributed by atoms with Gasteiger partial charge in [0.25, 0.3) is 0 Å². The van der Waals surface area contributed by atoms with E-state index in [1.165, 1.54) is 18.2 Å². The number of thiocarbonyl (C=S) groups is 1. The van der Waals surface area contributed by atoms with Crippen LogP contribution >= 0.6 is 23.8 Å². The third-order valence-electron chi connectivity index (χ3n) is 4.43. The number of nitrogens with zero attached hydrogens (tertiary/aromatic N) is 2. The van der Waals surface area contributed by atoms with E-state index in [4.69, 9.17) is 29.0 Å². The molecule has 0 aliphatic heterocycles. The number of aryl methyl sites for hydroxylation is 1. The summed E-state index contributed by atoms with van der Waals surface area (Å²) in [4.78, 5) is 0.00620. The molecule has 7 nitrogen and oxygen atoms in total. The minimum Gasteiger partial charge on any atom is -0.332 e. The van der Waals surface area contributed by atoms with E-state index >= 15 is 0 Å². The molecule has 11 heteroatoms. The Hall–Kier alpha value is -2.53. The first-order chi connectivity index (χ1) is 14.1. The van der Waals surface area contributed by atoms with Crippen molar-refractivity contribution in [1.82, 2.24) is 9.78 Å². The summed E-state index contributed by atoms with van der Waals surface area (Å²) >= 11 is 11.5. The van der Waals surface area contributed by atoms with Gasteiger partial charge in [-0.1, -0.05) is 17.7 Å². The molecule has 0 aliphatic rings. The molecule has 1 aromatic heterocycles. The van der Waals surface area contributed by atoms with Gasteiger partial charge in [0.2, 0.25) is 10.0 Å². The monoisotopic (exact) mass is 467 g/mol. The number of aromatic nitrogens is 2. The first-order valence-electron chi connectivity index (χ1n) is 8.74. The standard InChI is InChI=1S/C19H19ClFN5O2S2/c1-11-18(12(2)26(25-11)10-15-16(20)4-3-5-17(15)21)24-19(29)23-13-6-8-14(9-7-13)30(22,27)28/h3-9H,10H2,1-2H3,(H2,22,27,28)(H2,23,24,29). The van der Waals surface area contributed by atoms with E-state index in [2.05, 4.69) is 15.7 Å². The minimum absolute atomic E-state index is 0.00620. The average molecular weight is 468 g/mol. The molecular weight excluding hydrogens is 449 g/mol. The molecule has 158 valence electrons. The molecular formula is C19H19ClFN5O2S2.